The molecular weight excluding hydrogens is 395 g/mol. The van der Waals surface area contributed by atoms with Crippen molar-refractivity contribution < 1.29 is 9.50 Å². The first kappa shape index (κ1) is 19.6. The van der Waals surface area contributed by atoms with E-state index < -0.39 is 0 Å². The van der Waals surface area contributed by atoms with Crippen LogP contribution in [0.25, 0.3) is 10.2 Å². The third-order valence-electron chi connectivity index (χ3n) is 5.24. The fourth-order valence-corrected chi connectivity index (χ4v) is 5.93. The average Bonchev–Trinajstić information content (AvgIpc) is 3.04. The molecule has 4 rings (SSSR count). The maximum absolute atomic E-state index is 13.4. The Balaban J connectivity index is 1.74. The van der Waals surface area contributed by atoms with Gasteiger partial charge >= 0.3 is 0 Å². The standard InChI is InChI=1S/C21H23FN2O2S2/c1-13-2-7-16-17(12-13)28-19-18(16)20(26)24(21(23-19)27-11-10-25)9-8-14-3-5-15(22)6-4-14/h3-6,13,25H,2,7-12H2,1H3/t13-/m1/s1. The Morgan fingerprint density at radius 1 is 1.36 bits per heavy atom. The summed E-state index contributed by atoms with van der Waals surface area (Å²) >= 11 is 3.06. The van der Waals surface area contributed by atoms with Crippen LogP contribution in [0.3, 0.4) is 0 Å². The van der Waals surface area contributed by atoms with E-state index in [1.165, 1.54) is 34.3 Å². The summed E-state index contributed by atoms with van der Waals surface area (Å²) in [7, 11) is 0. The molecule has 0 fully saturated rings. The lowest BCUT2D eigenvalue weighted by atomic mass is 9.89. The van der Waals surface area contributed by atoms with Gasteiger partial charge < -0.3 is 5.11 Å². The zero-order valence-electron chi connectivity index (χ0n) is 15.8. The zero-order chi connectivity index (χ0) is 19.7. The van der Waals surface area contributed by atoms with E-state index in [2.05, 4.69) is 6.92 Å². The van der Waals surface area contributed by atoms with Crippen molar-refractivity contribution in [1.29, 1.82) is 0 Å². The first-order valence-corrected chi connectivity index (χ1v) is 11.4. The highest BCUT2D eigenvalue weighted by molar-refractivity contribution is 7.99. The molecule has 0 aliphatic heterocycles. The number of benzene rings is 1. The summed E-state index contributed by atoms with van der Waals surface area (Å²) in [6.45, 7) is 2.78. The molecule has 148 valence electrons. The minimum Gasteiger partial charge on any atom is -0.396 e. The van der Waals surface area contributed by atoms with Crippen molar-refractivity contribution in [2.75, 3.05) is 12.4 Å². The van der Waals surface area contributed by atoms with Crippen LogP contribution < -0.4 is 5.56 Å². The number of aliphatic hydroxyl groups excluding tert-OH is 1. The fraction of sp³-hybridized carbons (Fsp3) is 0.429. The summed E-state index contributed by atoms with van der Waals surface area (Å²) in [4.78, 5) is 20.3. The number of aromatic nitrogens is 2. The smallest absolute Gasteiger partial charge is 0.263 e. The van der Waals surface area contributed by atoms with Gasteiger partial charge in [0.15, 0.2) is 5.16 Å². The number of hydrogen-bond donors (Lipinski definition) is 1. The van der Waals surface area contributed by atoms with E-state index >= 15 is 0 Å². The molecule has 0 amide bonds. The Labute approximate surface area is 171 Å². The van der Waals surface area contributed by atoms with Crippen LogP contribution in [0.5, 0.6) is 0 Å². The number of aryl methyl sites for hydroxylation is 2. The van der Waals surface area contributed by atoms with Crippen molar-refractivity contribution in [3.05, 3.63) is 56.4 Å². The molecule has 0 saturated heterocycles. The van der Waals surface area contributed by atoms with Crippen LogP contribution in [0, 0.1) is 11.7 Å². The third-order valence-corrected chi connectivity index (χ3v) is 7.34. The largest absolute Gasteiger partial charge is 0.396 e. The second kappa shape index (κ2) is 8.35. The number of halogens is 1. The SMILES string of the molecule is C[C@@H]1CCc2c(sc3nc(SCCO)n(CCc4ccc(F)cc4)c(=O)c23)C1. The van der Waals surface area contributed by atoms with Gasteiger partial charge in [-0.1, -0.05) is 30.8 Å². The molecule has 7 heteroatoms. The van der Waals surface area contributed by atoms with E-state index in [9.17, 15) is 14.3 Å². The average molecular weight is 419 g/mol. The first-order chi connectivity index (χ1) is 13.6. The predicted octanol–water partition coefficient (Wildman–Crippen LogP) is 4.05. The van der Waals surface area contributed by atoms with Gasteiger partial charge in [0.05, 0.1) is 12.0 Å². The van der Waals surface area contributed by atoms with E-state index in [0.717, 1.165) is 35.0 Å². The van der Waals surface area contributed by atoms with Crippen molar-refractivity contribution >= 4 is 33.3 Å². The van der Waals surface area contributed by atoms with Crippen molar-refractivity contribution in [3.63, 3.8) is 0 Å². The molecule has 1 atom stereocenters. The highest BCUT2D eigenvalue weighted by Gasteiger charge is 2.24. The van der Waals surface area contributed by atoms with Crippen LogP contribution in [0.4, 0.5) is 4.39 Å². The number of rotatable bonds is 6. The lowest BCUT2D eigenvalue weighted by Gasteiger charge is -2.17. The van der Waals surface area contributed by atoms with Gasteiger partial charge in [0.2, 0.25) is 0 Å². The van der Waals surface area contributed by atoms with E-state index in [4.69, 9.17) is 4.98 Å². The molecule has 0 bridgehead atoms. The number of nitrogens with zero attached hydrogens (tertiary/aromatic N) is 2. The van der Waals surface area contributed by atoms with E-state index in [-0.39, 0.29) is 18.0 Å². The Morgan fingerprint density at radius 2 is 2.14 bits per heavy atom. The fourth-order valence-electron chi connectivity index (χ4n) is 3.74. The predicted molar refractivity (Wildman–Crippen MR) is 113 cm³/mol. The Hall–Kier alpha value is -1.70. The van der Waals surface area contributed by atoms with Crippen LogP contribution in [0.2, 0.25) is 0 Å². The number of aliphatic hydroxyl groups is 1. The third kappa shape index (κ3) is 3.88. The zero-order valence-corrected chi connectivity index (χ0v) is 17.4. The van der Waals surface area contributed by atoms with Gasteiger partial charge in [-0.05, 0) is 54.9 Å². The van der Waals surface area contributed by atoms with Gasteiger partial charge in [0, 0.05) is 17.2 Å². The molecule has 0 spiro atoms. The number of thiophene rings is 1. The molecule has 0 radical (unpaired) electrons. The maximum Gasteiger partial charge on any atom is 0.263 e. The van der Waals surface area contributed by atoms with Crippen LogP contribution in [0.15, 0.2) is 34.2 Å². The summed E-state index contributed by atoms with van der Waals surface area (Å²) in [5.74, 6) is 0.878. The number of fused-ring (bicyclic) bond motifs is 3. The highest BCUT2D eigenvalue weighted by atomic mass is 32.2. The van der Waals surface area contributed by atoms with Crippen molar-refractivity contribution in [2.45, 2.75) is 44.3 Å². The molecular formula is C21H23FN2O2S2. The molecule has 1 N–H and O–H groups in total. The Morgan fingerprint density at radius 3 is 2.89 bits per heavy atom. The highest BCUT2D eigenvalue weighted by Crippen LogP contribution is 2.36. The summed E-state index contributed by atoms with van der Waals surface area (Å²) in [6, 6.07) is 6.39. The second-order valence-electron chi connectivity index (χ2n) is 7.33. The number of thioether (sulfide) groups is 1. The summed E-state index contributed by atoms with van der Waals surface area (Å²) in [5.41, 5.74) is 2.18. The molecule has 1 aromatic carbocycles. The summed E-state index contributed by atoms with van der Waals surface area (Å²) < 4.78 is 14.9. The van der Waals surface area contributed by atoms with E-state index in [1.54, 1.807) is 28.0 Å². The summed E-state index contributed by atoms with van der Waals surface area (Å²) in [6.07, 6.45) is 3.69. The molecule has 2 aromatic heterocycles. The van der Waals surface area contributed by atoms with Gasteiger partial charge in [-0.15, -0.1) is 11.3 Å². The van der Waals surface area contributed by atoms with Crippen LogP contribution in [-0.4, -0.2) is 27.0 Å². The van der Waals surface area contributed by atoms with Gasteiger partial charge in [-0.3, -0.25) is 9.36 Å². The van der Waals surface area contributed by atoms with E-state index in [1.807, 2.05) is 0 Å². The van der Waals surface area contributed by atoms with Crippen LogP contribution >= 0.6 is 23.1 Å². The molecule has 4 nitrogen and oxygen atoms in total. The van der Waals surface area contributed by atoms with Crippen LogP contribution in [-0.2, 0) is 25.8 Å². The monoisotopic (exact) mass is 418 g/mol. The molecule has 28 heavy (non-hydrogen) atoms. The van der Waals surface area contributed by atoms with E-state index in [0.29, 0.717) is 29.8 Å². The van der Waals surface area contributed by atoms with Crippen molar-refractivity contribution in [2.24, 2.45) is 5.92 Å². The molecule has 1 aliphatic carbocycles. The molecule has 0 unspecified atom stereocenters. The number of hydrogen-bond acceptors (Lipinski definition) is 5. The van der Waals surface area contributed by atoms with Gasteiger partial charge in [-0.2, -0.15) is 0 Å². The Bertz CT molecular complexity index is 1040. The van der Waals surface area contributed by atoms with Gasteiger partial charge in [-0.25, -0.2) is 9.37 Å². The normalized spacial score (nSPS) is 16.5. The minimum atomic E-state index is -0.262. The topological polar surface area (TPSA) is 55.1 Å². The van der Waals surface area contributed by atoms with Crippen LogP contribution in [0.1, 0.15) is 29.3 Å². The lowest BCUT2D eigenvalue weighted by Crippen LogP contribution is -2.25. The second-order valence-corrected chi connectivity index (χ2v) is 9.48. The summed E-state index contributed by atoms with van der Waals surface area (Å²) in [5, 5.41) is 10.7. The molecule has 3 aromatic rings. The van der Waals surface area contributed by atoms with Gasteiger partial charge in [0.25, 0.3) is 5.56 Å². The van der Waals surface area contributed by atoms with Crippen molar-refractivity contribution in [3.8, 4) is 0 Å². The molecule has 2 heterocycles. The molecule has 0 saturated carbocycles. The minimum absolute atomic E-state index is 0.0135. The quantitative estimate of drug-likeness (QED) is 0.485. The van der Waals surface area contributed by atoms with Crippen molar-refractivity contribution in [1.82, 2.24) is 9.55 Å². The maximum atomic E-state index is 13.4. The first-order valence-electron chi connectivity index (χ1n) is 9.60. The van der Waals surface area contributed by atoms with Gasteiger partial charge in [0.1, 0.15) is 10.6 Å². The molecule has 1 aliphatic rings. The Kier molecular flexibility index (Phi) is 5.85. The lowest BCUT2D eigenvalue weighted by molar-refractivity contribution is 0.322.